The van der Waals surface area contributed by atoms with E-state index < -0.39 is 0 Å². The van der Waals surface area contributed by atoms with Gasteiger partial charge >= 0.3 is 0 Å². The van der Waals surface area contributed by atoms with Crippen molar-refractivity contribution in [3.8, 4) is 5.75 Å². The van der Waals surface area contributed by atoms with E-state index in [9.17, 15) is 4.79 Å². The second-order valence-corrected chi connectivity index (χ2v) is 5.45. The molecule has 0 aromatic heterocycles. The maximum Gasteiger partial charge on any atom is 0.252 e. The Bertz CT molecular complexity index is 679. The Morgan fingerprint density at radius 2 is 1.95 bits per heavy atom. The third-order valence-corrected chi connectivity index (χ3v) is 4.11. The van der Waals surface area contributed by atoms with Gasteiger partial charge in [-0.05, 0) is 37.1 Å². The van der Waals surface area contributed by atoms with Gasteiger partial charge in [-0.15, -0.1) is 0 Å². The van der Waals surface area contributed by atoms with E-state index in [1.54, 1.807) is 0 Å². The van der Waals surface area contributed by atoms with Gasteiger partial charge in [0.15, 0.2) is 0 Å². The van der Waals surface area contributed by atoms with E-state index >= 15 is 0 Å². The predicted octanol–water partition coefficient (Wildman–Crippen LogP) is 3.56. The van der Waals surface area contributed by atoms with Crippen LogP contribution in [0.4, 0.5) is 0 Å². The summed E-state index contributed by atoms with van der Waals surface area (Å²) in [5.74, 6) is 0.855. The standard InChI is InChI=1S/C18H19NO2/c1-12-6-5-8-14(13(12)2)18(20)19-16-10-11-21-17-9-4-3-7-15(16)17/h3-9,16H,10-11H2,1-2H3,(H,19,20). The Hall–Kier alpha value is -2.29. The molecule has 1 aliphatic rings. The fourth-order valence-corrected chi connectivity index (χ4v) is 2.73. The average molecular weight is 281 g/mol. The molecule has 1 heterocycles. The number of ether oxygens (including phenoxy) is 1. The van der Waals surface area contributed by atoms with E-state index in [-0.39, 0.29) is 11.9 Å². The molecule has 0 fully saturated rings. The lowest BCUT2D eigenvalue weighted by atomic mass is 9.98. The first-order valence-electron chi connectivity index (χ1n) is 7.25. The minimum Gasteiger partial charge on any atom is -0.493 e. The molecule has 1 unspecified atom stereocenters. The molecule has 108 valence electrons. The van der Waals surface area contributed by atoms with Gasteiger partial charge in [0.05, 0.1) is 12.6 Å². The first-order valence-corrected chi connectivity index (χ1v) is 7.25. The SMILES string of the molecule is Cc1cccc(C(=O)NC2CCOc3ccccc32)c1C. The number of fused-ring (bicyclic) bond motifs is 1. The number of rotatable bonds is 2. The largest absolute Gasteiger partial charge is 0.493 e. The summed E-state index contributed by atoms with van der Waals surface area (Å²) in [5, 5.41) is 3.14. The molecule has 1 N–H and O–H groups in total. The molecule has 3 heteroatoms. The first-order chi connectivity index (χ1) is 10.2. The van der Waals surface area contributed by atoms with Crippen LogP contribution < -0.4 is 10.1 Å². The number of amides is 1. The van der Waals surface area contributed by atoms with Gasteiger partial charge in [0, 0.05) is 17.5 Å². The second-order valence-electron chi connectivity index (χ2n) is 5.45. The molecule has 2 aromatic carbocycles. The molecule has 0 bridgehead atoms. The maximum atomic E-state index is 12.5. The molecule has 21 heavy (non-hydrogen) atoms. The third kappa shape index (κ3) is 2.64. The highest BCUT2D eigenvalue weighted by Gasteiger charge is 2.23. The summed E-state index contributed by atoms with van der Waals surface area (Å²) in [5.41, 5.74) is 3.98. The minimum atomic E-state index is -0.0158. The molecule has 0 radical (unpaired) electrons. The van der Waals surface area contributed by atoms with Crippen LogP contribution in [0.2, 0.25) is 0 Å². The topological polar surface area (TPSA) is 38.3 Å². The molecule has 0 saturated heterocycles. The fourth-order valence-electron chi connectivity index (χ4n) is 2.73. The van der Waals surface area contributed by atoms with Gasteiger partial charge < -0.3 is 10.1 Å². The van der Waals surface area contributed by atoms with Crippen molar-refractivity contribution in [2.24, 2.45) is 0 Å². The molecule has 0 aliphatic carbocycles. The van der Waals surface area contributed by atoms with Crippen molar-refractivity contribution in [2.75, 3.05) is 6.61 Å². The normalized spacial score (nSPS) is 16.8. The molecule has 1 amide bonds. The van der Waals surface area contributed by atoms with Crippen molar-refractivity contribution in [1.29, 1.82) is 0 Å². The number of carbonyl (C=O) groups excluding carboxylic acids is 1. The van der Waals surface area contributed by atoms with E-state index in [1.165, 1.54) is 0 Å². The maximum absolute atomic E-state index is 12.5. The highest BCUT2D eigenvalue weighted by Crippen LogP contribution is 2.31. The lowest BCUT2D eigenvalue weighted by molar-refractivity contribution is 0.0924. The van der Waals surface area contributed by atoms with Crippen molar-refractivity contribution in [1.82, 2.24) is 5.32 Å². The molecule has 0 saturated carbocycles. The van der Waals surface area contributed by atoms with Crippen LogP contribution in [0, 0.1) is 13.8 Å². The van der Waals surface area contributed by atoms with Crippen molar-refractivity contribution < 1.29 is 9.53 Å². The van der Waals surface area contributed by atoms with Crippen LogP contribution in [0.25, 0.3) is 0 Å². The lowest BCUT2D eigenvalue weighted by Crippen LogP contribution is -2.32. The number of carbonyl (C=O) groups is 1. The Kier molecular flexibility index (Phi) is 3.65. The lowest BCUT2D eigenvalue weighted by Gasteiger charge is -2.27. The highest BCUT2D eigenvalue weighted by atomic mass is 16.5. The number of nitrogens with one attached hydrogen (secondary N) is 1. The van der Waals surface area contributed by atoms with Crippen molar-refractivity contribution >= 4 is 5.91 Å². The zero-order chi connectivity index (χ0) is 14.8. The summed E-state index contributed by atoms with van der Waals surface area (Å²) >= 11 is 0. The van der Waals surface area contributed by atoms with Gasteiger partial charge in [-0.2, -0.15) is 0 Å². The summed E-state index contributed by atoms with van der Waals surface area (Å²) in [4.78, 5) is 12.5. The smallest absolute Gasteiger partial charge is 0.252 e. The summed E-state index contributed by atoms with van der Waals surface area (Å²) in [7, 11) is 0. The Labute approximate surface area is 124 Å². The first kappa shape index (κ1) is 13.7. The van der Waals surface area contributed by atoms with E-state index in [0.29, 0.717) is 6.61 Å². The summed E-state index contributed by atoms with van der Waals surface area (Å²) in [6.45, 7) is 4.65. The molecular formula is C18H19NO2. The van der Waals surface area contributed by atoms with E-state index in [1.807, 2.05) is 56.3 Å². The zero-order valence-corrected chi connectivity index (χ0v) is 12.3. The number of para-hydroxylation sites is 1. The van der Waals surface area contributed by atoms with Gasteiger partial charge in [0.1, 0.15) is 5.75 Å². The molecule has 3 rings (SSSR count). The van der Waals surface area contributed by atoms with Crippen LogP contribution in [0.1, 0.15) is 39.5 Å². The van der Waals surface area contributed by atoms with Gasteiger partial charge in [0.2, 0.25) is 0 Å². The molecule has 3 nitrogen and oxygen atoms in total. The number of aryl methyl sites for hydroxylation is 1. The van der Waals surface area contributed by atoms with Crippen LogP contribution in [0.15, 0.2) is 42.5 Å². The highest BCUT2D eigenvalue weighted by molar-refractivity contribution is 5.96. The molecule has 1 atom stereocenters. The van der Waals surface area contributed by atoms with Crippen molar-refractivity contribution in [2.45, 2.75) is 26.3 Å². The van der Waals surface area contributed by atoms with Gasteiger partial charge in [0.25, 0.3) is 5.91 Å². The Morgan fingerprint density at radius 1 is 1.14 bits per heavy atom. The summed E-state index contributed by atoms with van der Waals surface area (Å²) < 4.78 is 5.63. The third-order valence-electron chi connectivity index (χ3n) is 4.11. The number of hydrogen-bond acceptors (Lipinski definition) is 2. The van der Waals surface area contributed by atoms with E-state index in [4.69, 9.17) is 4.74 Å². The van der Waals surface area contributed by atoms with E-state index in [0.717, 1.165) is 34.4 Å². The van der Waals surface area contributed by atoms with Gasteiger partial charge in [-0.25, -0.2) is 0 Å². The number of benzene rings is 2. The van der Waals surface area contributed by atoms with Crippen molar-refractivity contribution in [3.63, 3.8) is 0 Å². The Balaban J connectivity index is 1.85. The van der Waals surface area contributed by atoms with Crippen LogP contribution in [0.5, 0.6) is 5.75 Å². The molecule has 0 spiro atoms. The fraction of sp³-hybridized carbons (Fsp3) is 0.278. The van der Waals surface area contributed by atoms with Gasteiger partial charge in [-0.1, -0.05) is 30.3 Å². The van der Waals surface area contributed by atoms with Crippen LogP contribution in [-0.2, 0) is 0 Å². The van der Waals surface area contributed by atoms with Gasteiger partial charge in [-0.3, -0.25) is 4.79 Å². The monoisotopic (exact) mass is 281 g/mol. The number of hydrogen-bond donors (Lipinski definition) is 1. The summed E-state index contributed by atoms with van der Waals surface area (Å²) in [6.07, 6.45) is 0.799. The summed E-state index contributed by atoms with van der Waals surface area (Å²) in [6, 6.07) is 13.7. The molecule has 1 aliphatic heterocycles. The van der Waals surface area contributed by atoms with Crippen LogP contribution >= 0.6 is 0 Å². The molecule has 2 aromatic rings. The minimum absolute atomic E-state index is 0.0158. The molecular weight excluding hydrogens is 262 g/mol. The van der Waals surface area contributed by atoms with E-state index in [2.05, 4.69) is 5.32 Å². The zero-order valence-electron chi connectivity index (χ0n) is 12.3. The average Bonchev–Trinajstić information content (AvgIpc) is 2.50. The van der Waals surface area contributed by atoms with Crippen LogP contribution in [-0.4, -0.2) is 12.5 Å². The van der Waals surface area contributed by atoms with Crippen LogP contribution in [0.3, 0.4) is 0 Å². The Morgan fingerprint density at radius 3 is 2.81 bits per heavy atom. The second kappa shape index (κ2) is 5.60. The van der Waals surface area contributed by atoms with Crippen molar-refractivity contribution in [3.05, 3.63) is 64.7 Å². The quantitative estimate of drug-likeness (QED) is 0.914. The predicted molar refractivity (Wildman–Crippen MR) is 82.7 cm³/mol.